The van der Waals surface area contributed by atoms with E-state index >= 15 is 0 Å². The number of hydrogen-bond donors (Lipinski definition) is 2. The van der Waals surface area contributed by atoms with E-state index in [4.69, 9.17) is 18.0 Å². The van der Waals surface area contributed by atoms with Gasteiger partial charge in [-0.05, 0) is 12.8 Å². The van der Waals surface area contributed by atoms with E-state index in [1.807, 2.05) is 0 Å². The first-order valence-electron chi connectivity index (χ1n) is 5.57. The van der Waals surface area contributed by atoms with Crippen molar-refractivity contribution in [1.29, 1.82) is 0 Å². The van der Waals surface area contributed by atoms with Crippen LogP contribution in [0.2, 0.25) is 0 Å². The maximum absolute atomic E-state index is 5.60. The molecule has 0 spiro atoms. The molecule has 0 radical (unpaired) electrons. The largest absolute Gasteiger partial charge is 0.388 e. The molecule has 1 fully saturated rings. The number of anilines is 2. The van der Waals surface area contributed by atoms with Gasteiger partial charge in [0.1, 0.15) is 10.7 Å². The van der Waals surface area contributed by atoms with Gasteiger partial charge in [0.25, 0.3) is 0 Å². The summed E-state index contributed by atoms with van der Waals surface area (Å²) in [7, 11) is 0. The lowest BCUT2D eigenvalue weighted by Crippen LogP contribution is -2.14. The smallest absolute Gasteiger partial charge is 0.188 e. The molecule has 3 rings (SSSR count). The van der Waals surface area contributed by atoms with Crippen LogP contribution in [-0.4, -0.2) is 19.9 Å². The number of nitrogens with zero attached hydrogens (tertiary/aromatic N) is 3. The van der Waals surface area contributed by atoms with Gasteiger partial charge in [-0.25, -0.2) is 15.0 Å². The number of nitrogens with two attached hydrogens (primary N) is 1. The highest BCUT2D eigenvalue weighted by Gasteiger charge is 2.26. The van der Waals surface area contributed by atoms with Crippen molar-refractivity contribution in [2.45, 2.75) is 18.8 Å². The molecule has 2 aromatic rings. The maximum atomic E-state index is 5.60. The minimum atomic E-state index is 0.226. The minimum absolute atomic E-state index is 0.226. The molecule has 0 saturated heterocycles. The Labute approximate surface area is 113 Å². The van der Waals surface area contributed by atoms with Crippen LogP contribution in [0.5, 0.6) is 0 Å². The van der Waals surface area contributed by atoms with Gasteiger partial charge in [-0.1, -0.05) is 12.2 Å². The monoisotopic (exact) mass is 277 g/mol. The fourth-order valence-electron chi connectivity index (χ4n) is 1.62. The zero-order valence-electron chi connectivity index (χ0n) is 9.46. The molecule has 0 amide bonds. The molecule has 0 aliphatic heterocycles. The first kappa shape index (κ1) is 11.5. The standard InChI is InChI=1S/C11H11N5S2/c12-9(17)8-10(14-4-3-13-8)16-11-15-7(5-18-11)6-1-2-6/h3-6H,1-2H2,(H2,12,17)(H,14,15,16). The molecule has 0 bridgehead atoms. The molecule has 5 nitrogen and oxygen atoms in total. The van der Waals surface area contributed by atoms with E-state index in [-0.39, 0.29) is 4.99 Å². The maximum Gasteiger partial charge on any atom is 0.188 e. The van der Waals surface area contributed by atoms with Crippen molar-refractivity contribution in [2.24, 2.45) is 5.73 Å². The molecule has 92 valence electrons. The predicted molar refractivity (Wildman–Crippen MR) is 75.3 cm³/mol. The van der Waals surface area contributed by atoms with Crippen molar-refractivity contribution in [1.82, 2.24) is 15.0 Å². The predicted octanol–water partition coefficient (Wildman–Crippen LogP) is 2.19. The van der Waals surface area contributed by atoms with Gasteiger partial charge in [-0.2, -0.15) is 0 Å². The van der Waals surface area contributed by atoms with Gasteiger partial charge >= 0.3 is 0 Å². The van der Waals surface area contributed by atoms with Crippen LogP contribution >= 0.6 is 23.6 Å². The SMILES string of the molecule is NC(=S)c1nccnc1Nc1nc(C2CC2)cs1. The summed E-state index contributed by atoms with van der Waals surface area (Å²) in [6.45, 7) is 0. The zero-order valence-corrected chi connectivity index (χ0v) is 11.1. The van der Waals surface area contributed by atoms with Crippen LogP contribution < -0.4 is 11.1 Å². The summed E-state index contributed by atoms with van der Waals surface area (Å²) in [5.74, 6) is 1.20. The molecule has 18 heavy (non-hydrogen) atoms. The van der Waals surface area contributed by atoms with Gasteiger partial charge in [0.05, 0.1) is 5.69 Å². The summed E-state index contributed by atoms with van der Waals surface area (Å²) in [6, 6.07) is 0. The number of thiocarbonyl (C=S) groups is 1. The third-order valence-electron chi connectivity index (χ3n) is 2.67. The molecule has 3 N–H and O–H groups in total. The third-order valence-corrected chi connectivity index (χ3v) is 3.64. The first-order chi connectivity index (χ1) is 8.74. The topological polar surface area (TPSA) is 76.7 Å². The van der Waals surface area contributed by atoms with Crippen LogP contribution in [0, 0.1) is 0 Å². The van der Waals surface area contributed by atoms with Crippen molar-refractivity contribution in [3.8, 4) is 0 Å². The van der Waals surface area contributed by atoms with Crippen molar-refractivity contribution >= 4 is 39.5 Å². The number of hydrogen-bond acceptors (Lipinski definition) is 6. The summed E-state index contributed by atoms with van der Waals surface area (Å²) in [6.07, 6.45) is 5.65. The molecule has 1 saturated carbocycles. The Hall–Kier alpha value is -1.60. The molecule has 2 heterocycles. The van der Waals surface area contributed by atoms with Crippen LogP contribution in [-0.2, 0) is 0 Å². The van der Waals surface area contributed by atoms with E-state index in [1.54, 1.807) is 23.7 Å². The summed E-state index contributed by atoms with van der Waals surface area (Å²) in [4.78, 5) is 13.1. The fraction of sp³-hybridized carbons (Fsp3) is 0.273. The van der Waals surface area contributed by atoms with Crippen LogP contribution in [0.15, 0.2) is 17.8 Å². The molecule has 7 heteroatoms. The van der Waals surface area contributed by atoms with Crippen LogP contribution in [0.4, 0.5) is 10.9 Å². The Morgan fingerprint density at radius 1 is 1.39 bits per heavy atom. The minimum Gasteiger partial charge on any atom is -0.388 e. The van der Waals surface area contributed by atoms with Crippen molar-refractivity contribution in [3.63, 3.8) is 0 Å². The Kier molecular flexibility index (Phi) is 2.92. The quantitative estimate of drug-likeness (QED) is 0.834. The van der Waals surface area contributed by atoms with Gasteiger partial charge in [0.2, 0.25) is 0 Å². The second-order valence-corrected chi connectivity index (χ2v) is 5.39. The summed E-state index contributed by atoms with van der Waals surface area (Å²) >= 11 is 6.50. The average molecular weight is 277 g/mol. The Morgan fingerprint density at radius 3 is 2.89 bits per heavy atom. The van der Waals surface area contributed by atoms with E-state index in [0.717, 1.165) is 10.8 Å². The molecular weight excluding hydrogens is 266 g/mol. The lowest BCUT2D eigenvalue weighted by Gasteiger charge is -2.05. The van der Waals surface area contributed by atoms with Crippen molar-refractivity contribution in [3.05, 3.63) is 29.2 Å². The fourth-order valence-corrected chi connectivity index (χ4v) is 2.56. The molecule has 0 atom stereocenters. The number of rotatable bonds is 4. The number of thiazole rings is 1. The van der Waals surface area contributed by atoms with Gasteiger partial charge < -0.3 is 11.1 Å². The molecule has 1 aliphatic rings. The van der Waals surface area contributed by atoms with Crippen LogP contribution in [0.25, 0.3) is 0 Å². The third kappa shape index (κ3) is 2.32. The Bertz CT molecular complexity index is 591. The van der Waals surface area contributed by atoms with E-state index < -0.39 is 0 Å². The van der Waals surface area contributed by atoms with Gasteiger partial charge in [-0.3, -0.25) is 0 Å². The van der Waals surface area contributed by atoms with E-state index in [0.29, 0.717) is 17.4 Å². The van der Waals surface area contributed by atoms with Gasteiger partial charge in [0.15, 0.2) is 10.9 Å². The van der Waals surface area contributed by atoms with E-state index in [9.17, 15) is 0 Å². The summed E-state index contributed by atoms with van der Waals surface area (Å²) in [5, 5.41) is 6.00. The normalized spacial score (nSPS) is 14.4. The summed E-state index contributed by atoms with van der Waals surface area (Å²) < 4.78 is 0. The lowest BCUT2D eigenvalue weighted by molar-refractivity contribution is 1.05. The van der Waals surface area contributed by atoms with Crippen LogP contribution in [0.3, 0.4) is 0 Å². The molecule has 2 aromatic heterocycles. The van der Waals surface area contributed by atoms with Crippen molar-refractivity contribution < 1.29 is 0 Å². The zero-order chi connectivity index (χ0) is 12.5. The van der Waals surface area contributed by atoms with Crippen molar-refractivity contribution in [2.75, 3.05) is 5.32 Å². The second kappa shape index (κ2) is 4.58. The molecular formula is C11H11N5S2. The molecule has 1 aliphatic carbocycles. The molecule has 0 unspecified atom stereocenters. The lowest BCUT2D eigenvalue weighted by atomic mass is 10.3. The molecule has 0 aromatic carbocycles. The number of aromatic nitrogens is 3. The Balaban J connectivity index is 1.84. The van der Waals surface area contributed by atoms with Crippen LogP contribution in [0.1, 0.15) is 30.1 Å². The van der Waals surface area contributed by atoms with E-state index in [2.05, 4.69) is 25.6 Å². The highest BCUT2D eigenvalue weighted by atomic mass is 32.1. The second-order valence-electron chi connectivity index (χ2n) is 4.09. The van der Waals surface area contributed by atoms with E-state index in [1.165, 1.54) is 12.8 Å². The average Bonchev–Trinajstić information content (AvgIpc) is 3.11. The highest BCUT2D eigenvalue weighted by Crippen LogP contribution is 2.41. The highest BCUT2D eigenvalue weighted by molar-refractivity contribution is 7.80. The first-order valence-corrected chi connectivity index (χ1v) is 6.86. The van der Waals surface area contributed by atoms with Gasteiger partial charge in [0, 0.05) is 23.7 Å². The Morgan fingerprint density at radius 2 is 2.17 bits per heavy atom. The van der Waals surface area contributed by atoms with Gasteiger partial charge in [-0.15, -0.1) is 11.3 Å². The number of nitrogens with one attached hydrogen (secondary N) is 1. The summed E-state index contributed by atoms with van der Waals surface area (Å²) in [5.41, 5.74) is 7.26.